The second kappa shape index (κ2) is 8.74. The maximum Gasteiger partial charge on any atom is 0.324 e. The number of nitrogens with two attached hydrogens (primary N) is 2. The summed E-state index contributed by atoms with van der Waals surface area (Å²) in [7, 11) is 0. The van der Waals surface area contributed by atoms with Gasteiger partial charge in [-0.2, -0.15) is 5.10 Å². The lowest BCUT2D eigenvalue weighted by molar-refractivity contribution is 0.0997. The second-order valence-electron chi connectivity index (χ2n) is 8.75. The summed E-state index contributed by atoms with van der Waals surface area (Å²) in [5.41, 5.74) is 14.0. The SMILES string of the molecule is CC(C)(C)c1cc(NC(=O)Nc2ccc(-n3cnc(C(N)=O)c3N)cc2)n(-c2ccccc2)n1. The van der Waals surface area contributed by atoms with Gasteiger partial charge in [0.2, 0.25) is 0 Å². The molecule has 10 nitrogen and oxygen atoms in total. The number of rotatable bonds is 5. The quantitative estimate of drug-likeness (QED) is 0.360. The average Bonchev–Trinajstić information content (AvgIpc) is 3.39. The molecule has 10 heteroatoms. The van der Waals surface area contributed by atoms with Gasteiger partial charge >= 0.3 is 6.03 Å². The summed E-state index contributed by atoms with van der Waals surface area (Å²) in [5.74, 6) is 0.000707. The lowest BCUT2D eigenvalue weighted by atomic mass is 9.92. The number of aromatic nitrogens is 4. The molecule has 3 amide bonds. The summed E-state index contributed by atoms with van der Waals surface area (Å²) < 4.78 is 3.25. The predicted octanol–water partition coefficient (Wildman–Crippen LogP) is 3.68. The maximum absolute atomic E-state index is 12.8. The predicted molar refractivity (Wildman–Crippen MR) is 131 cm³/mol. The number of nitrogens with zero attached hydrogens (tertiary/aromatic N) is 4. The van der Waals surface area contributed by atoms with Crippen LogP contribution in [-0.2, 0) is 5.41 Å². The van der Waals surface area contributed by atoms with E-state index in [0.717, 1.165) is 11.4 Å². The number of primary amides is 1. The Morgan fingerprint density at radius 3 is 2.21 bits per heavy atom. The van der Waals surface area contributed by atoms with Gasteiger partial charge in [-0.1, -0.05) is 39.0 Å². The van der Waals surface area contributed by atoms with Crippen molar-refractivity contribution < 1.29 is 9.59 Å². The molecule has 0 aliphatic heterocycles. The number of urea groups is 1. The van der Waals surface area contributed by atoms with Crippen LogP contribution in [0.3, 0.4) is 0 Å². The smallest absolute Gasteiger partial charge is 0.324 e. The van der Waals surface area contributed by atoms with Crippen LogP contribution in [-0.4, -0.2) is 31.3 Å². The highest BCUT2D eigenvalue weighted by Crippen LogP contribution is 2.26. The Morgan fingerprint density at radius 1 is 0.941 bits per heavy atom. The Bertz CT molecular complexity index is 1330. The molecule has 2 heterocycles. The molecule has 0 atom stereocenters. The minimum absolute atomic E-state index is 0.00577. The molecule has 0 aliphatic carbocycles. The van der Waals surface area contributed by atoms with Crippen LogP contribution in [0.5, 0.6) is 0 Å². The number of amides is 3. The monoisotopic (exact) mass is 458 g/mol. The first-order valence-electron chi connectivity index (χ1n) is 10.6. The Labute approximate surface area is 196 Å². The zero-order valence-electron chi connectivity index (χ0n) is 19.1. The largest absolute Gasteiger partial charge is 0.383 e. The molecule has 4 aromatic rings. The highest BCUT2D eigenvalue weighted by atomic mass is 16.2. The van der Waals surface area contributed by atoms with Crippen molar-refractivity contribution in [2.75, 3.05) is 16.4 Å². The van der Waals surface area contributed by atoms with E-state index in [1.54, 1.807) is 28.9 Å². The molecule has 0 fully saturated rings. The van der Waals surface area contributed by atoms with Gasteiger partial charge in [0.05, 0.1) is 11.4 Å². The minimum atomic E-state index is -0.699. The Balaban J connectivity index is 1.52. The van der Waals surface area contributed by atoms with Crippen LogP contribution < -0.4 is 22.1 Å². The topological polar surface area (TPSA) is 146 Å². The van der Waals surface area contributed by atoms with Crippen molar-refractivity contribution in [3.63, 3.8) is 0 Å². The van der Waals surface area contributed by atoms with Gasteiger partial charge in [0.25, 0.3) is 5.91 Å². The number of hydrogen-bond acceptors (Lipinski definition) is 5. The number of carbonyl (C=O) groups excluding carboxylic acids is 2. The van der Waals surface area contributed by atoms with E-state index in [0.29, 0.717) is 17.2 Å². The van der Waals surface area contributed by atoms with Crippen molar-refractivity contribution in [3.8, 4) is 11.4 Å². The highest BCUT2D eigenvalue weighted by Gasteiger charge is 2.21. The number of anilines is 3. The molecule has 0 unspecified atom stereocenters. The third kappa shape index (κ3) is 4.60. The number of nitrogen functional groups attached to an aromatic ring is 1. The van der Waals surface area contributed by atoms with Gasteiger partial charge in [0, 0.05) is 22.9 Å². The van der Waals surface area contributed by atoms with Crippen LogP contribution in [0.4, 0.5) is 22.1 Å². The van der Waals surface area contributed by atoms with Crippen molar-refractivity contribution in [3.05, 3.63) is 78.4 Å². The van der Waals surface area contributed by atoms with E-state index < -0.39 is 11.9 Å². The molecule has 0 saturated heterocycles. The zero-order valence-corrected chi connectivity index (χ0v) is 19.1. The lowest BCUT2D eigenvalue weighted by Gasteiger charge is -2.14. The molecule has 2 aromatic heterocycles. The second-order valence-corrected chi connectivity index (χ2v) is 8.75. The highest BCUT2D eigenvalue weighted by molar-refractivity contribution is 5.99. The van der Waals surface area contributed by atoms with Crippen molar-refractivity contribution in [2.24, 2.45) is 5.73 Å². The fourth-order valence-electron chi connectivity index (χ4n) is 3.34. The fraction of sp³-hybridized carbons (Fsp3) is 0.167. The maximum atomic E-state index is 12.8. The molecular weight excluding hydrogens is 432 g/mol. The van der Waals surface area contributed by atoms with E-state index in [1.165, 1.54) is 10.9 Å². The van der Waals surface area contributed by atoms with E-state index in [1.807, 2.05) is 36.4 Å². The molecule has 0 bridgehead atoms. The van der Waals surface area contributed by atoms with E-state index in [4.69, 9.17) is 16.6 Å². The summed E-state index contributed by atoms with van der Waals surface area (Å²) in [6.07, 6.45) is 1.42. The van der Waals surface area contributed by atoms with E-state index in [9.17, 15) is 9.59 Å². The van der Waals surface area contributed by atoms with Crippen LogP contribution in [0, 0.1) is 0 Å². The molecule has 174 valence electrons. The summed E-state index contributed by atoms with van der Waals surface area (Å²) in [6, 6.07) is 18.0. The van der Waals surface area contributed by atoms with Crippen LogP contribution >= 0.6 is 0 Å². The number of nitrogens with one attached hydrogen (secondary N) is 2. The van der Waals surface area contributed by atoms with Crippen LogP contribution in [0.1, 0.15) is 37.0 Å². The molecule has 0 saturated carbocycles. The minimum Gasteiger partial charge on any atom is -0.383 e. The summed E-state index contributed by atoms with van der Waals surface area (Å²) in [5, 5.41) is 10.4. The van der Waals surface area contributed by atoms with Gasteiger partial charge in [0.15, 0.2) is 5.69 Å². The molecule has 2 aromatic carbocycles. The number of carbonyl (C=O) groups is 2. The molecular formula is C24H26N8O2. The molecule has 34 heavy (non-hydrogen) atoms. The third-order valence-corrected chi connectivity index (χ3v) is 5.16. The van der Waals surface area contributed by atoms with Crippen molar-refractivity contribution >= 4 is 29.3 Å². The van der Waals surface area contributed by atoms with Crippen molar-refractivity contribution in [1.29, 1.82) is 0 Å². The normalized spacial score (nSPS) is 11.3. The van der Waals surface area contributed by atoms with Gasteiger partial charge < -0.3 is 16.8 Å². The summed E-state index contributed by atoms with van der Waals surface area (Å²) in [4.78, 5) is 28.1. The first kappa shape index (κ1) is 22.6. The number of para-hydroxylation sites is 1. The van der Waals surface area contributed by atoms with Crippen LogP contribution in [0.15, 0.2) is 67.0 Å². The van der Waals surface area contributed by atoms with E-state index in [-0.39, 0.29) is 16.9 Å². The van der Waals surface area contributed by atoms with Gasteiger partial charge in [-0.25, -0.2) is 14.5 Å². The van der Waals surface area contributed by atoms with Crippen molar-refractivity contribution in [2.45, 2.75) is 26.2 Å². The van der Waals surface area contributed by atoms with Crippen LogP contribution in [0.25, 0.3) is 11.4 Å². The van der Waals surface area contributed by atoms with Crippen LogP contribution in [0.2, 0.25) is 0 Å². The van der Waals surface area contributed by atoms with E-state index >= 15 is 0 Å². The summed E-state index contributed by atoms with van der Waals surface area (Å²) >= 11 is 0. The Hall–Kier alpha value is -4.60. The molecule has 6 N–H and O–H groups in total. The number of hydrogen-bond donors (Lipinski definition) is 4. The fourth-order valence-corrected chi connectivity index (χ4v) is 3.34. The number of imidazole rings is 1. The molecule has 0 spiro atoms. The van der Waals surface area contributed by atoms with Crippen molar-refractivity contribution in [1.82, 2.24) is 19.3 Å². The Kier molecular flexibility index (Phi) is 5.80. The average molecular weight is 459 g/mol. The van der Waals surface area contributed by atoms with Gasteiger partial charge in [-0.3, -0.25) is 14.7 Å². The third-order valence-electron chi connectivity index (χ3n) is 5.16. The first-order chi connectivity index (χ1) is 16.1. The standard InChI is InChI=1S/C24H26N8O2/c1-24(2,3)18-13-19(32(30-18)17-7-5-4-6-8-17)29-23(34)28-15-9-11-16(12-10-15)31-14-27-20(21(31)25)22(26)33/h4-14H,25H2,1-3H3,(H2,26,33)(H2,28,29,34). The first-order valence-corrected chi connectivity index (χ1v) is 10.6. The molecule has 0 radical (unpaired) electrons. The molecule has 0 aliphatic rings. The van der Waals surface area contributed by atoms with Gasteiger partial charge in [0.1, 0.15) is 18.0 Å². The Morgan fingerprint density at radius 2 is 1.62 bits per heavy atom. The van der Waals surface area contributed by atoms with Gasteiger partial charge in [-0.15, -0.1) is 0 Å². The van der Waals surface area contributed by atoms with E-state index in [2.05, 4.69) is 36.4 Å². The molecule has 4 rings (SSSR count). The van der Waals surface area contributed by atoms with Gasteiger partial charge in [-0.05, 0) is 36.4 Å². The zero-order chi connectivity index (χ0) is 24.5. The lowest BCUT2D eigenvalue weighted by Crippen LogP contribution is -2.21. The number of benzene rings is 2. The summed E-state index contributed by atoms with van der Waals surface area (Å²) in [6.45, 7) is 6.19.